The first-order valence-corrected chi connectivity index (χ1v) is 6.10. The second-order valence-corrected chi connectivity index (χ2v) is 5.40. The maximum Gasteiger partial charge on any atom is 0.101 e. The van der Waals surface area contributed by atoms with Crippen molar-refractivity contribution in [2.75, 3.05) is 24.5 Å². The molecule has 0 radical (unpaired) electrons. The highest BCUT2D eigenvalue weighted by Crippen LogP contribution is 2.34. The quantitative estimate of drug-likeness (QED) is 0.876. The van der Waals surface area contributed by atoms with Crippen LogP contribution in [0.15, 0.2) is 18.2 Å². The van der Waals surface area contributed by atoms with Gasteiger partial charge in [0.2, 0.25) is 0 Å². The number of benzene rings is 1. The minimum atomic E-state index is 0.148. The highest BCUT2D eigenvalue weighted by molar-refractivity contribution is 6.30. The zero-order chi connectivity index (χ0) is 12.5. The van der Waals surface area contributed by atoms with Crippen LogP contribution >= 0.6 is 11.6 Å². The minimum absolute atomic E-state index is 0.148. The first-order valence-electron chi connectivity index (χ1n) is 5.73. The molecule has 1 aliphatic heterocycles. The van der Waals surface area contributed by atoms with Crippen molar-refractivity contribution in [2.24, 2.45) is 11.1 Å². The Morgan fingerprint density at radius 2 is 2.35 bits per heavy atom. The Hall–Kier alpha value is -1.24. The van der Waals surface area contributed by atoms with Gasteiger partial charge >= 0.3 is 0 Å². The highest BCUT2D eigenvalue weighted by atomic mass is 35.5. The monoisotopic (exact) mass is 249 g/mol. The van der Waals surface area contributed by atoms with Crippen LogP contribution in [0.2, 0.25) is 5.02 Å². The molecular weight excluding hydrogens is 234 g/mol. The smallest absolute Gasteiger partial charge is 0.101 e. The molecule has 0 bridgehead atoms. The van der Waals surface area contributed by atoms with Crippen molar-refractivity contribution < 1.29 is 0 Å². The van der Waals surface area contributed by atoms with Crippen LogP contribution < -0.4 is 10.6 Å². The molecule has 0 aliphatic carbocycles. The van der Waals surface area contributed by atoms with E-state index in [0.29, 0.717) is 17.1 Å². The Balaban J connectivity index is 2.30. The zero-order valence-corrected chi connectivity index (χ0v) is 10.7. The first kappa shape index (κ1) is 12.2. The topological polar surface area (TPSA) is 53.0 Å². The van der Waals surface area contributed by atoms with Crippen molar-refractivity contribution in [3.8, 4) is 6.07 Å². The Morgan fingerprint density at radius 1 is 1.59 bits per heavy atom. The lowest BCUT2D eigenvalue weighted by Crippen LogP contribution is -2.31. The molecule has 1 unspecified atom stereocenters. The summed E-state index contributed by atoms with van der Waals surface area (Å²) in [6.45, 7) is 4.68. The lowest BCUT2D eigenvalue weighted by Gasteiger charge is -2.24. The molecule has 0 spiro atoms. The van der Waals surface area contributed by atoms with Crippen molar-refractivity contribution in [2.45, 2.75) is 13.3 Å². The number of rotatable bonds is 2. The summed E-state index contributed by atoms with van der Waals surface area (Å²) in [6, 6.07) is 7.60. The van der Waals surface area contributed by atoms with E-state index in [-0.39, 0.29) is 5.41 Å². The predicted octanol–water partition coefficient (Wildman–Crippen LogP) is 2.39. The van der Waals surface area contributed by atoms with Gasteiger partial charge in [0, 0.05) is 18.1 Å². The van der Waals surface area contributed by atoms with Gasteiger partial charge < -0.3 is 10.6 Å². The van der Waals surface area contributed by atoms with Crippen molar-refractivity contribution in [1.82, 2.24) is 0 Å². The van der Waals surface area contributed by atoms with Crippen LogP contribution in [0.5, 0.6) is 0 Å². The van der Waals surface area contributed by atoms with Gasteiger partial charge in [-0.15, -0.1) is 0 Å². The molecule has 0 saturated carbocycles. The molecule has 1 saturated heterocycles. The van der Waals surface area contributed by atoms with Gasteiger partial charge in [0.25, 0.3) is 0 Å². The maximum atomic E-state index is 9.11. The summed E-state index contributed by atoms with van der Waals surface area (Å²) in [4.78, 5) is 2.21. The second kappa shape index (κ2) is 4.56. The molecule has 2 rings (SSSR count). The molecule has 1 aliphatic rings. The van der Waals surface area contributed by atoms with Gasteiger partial charge in [-0.25, -0.2) is 0 Å². The van der Waals surface area contributed by atoms with E-state index >= 15 is 0 Å². The summed E-state index contributed by atoms with van der Waals surface area (Å²) in [6.07, 6.45) is 1.06. The van der Waals surface area contributed by atoms with Crippen molar-refractivity contribution in [3.63, 3.8) is 0 Å². The zero-order valence-electron chi connectivity index (χ0n) is 9.91. The van der Waals surface area contributed by atoms with Gasteiger partial charge in [-0.05, 0) is 36.6 Å². The number of hydrogen-bond acceptors (Lipinski definition) is 3. The molecule has 0 amide bonds. The fraction of sp³-hybridized carbons (Fsp3) is 0.462. The number of hydrogen-bond donors (Lipinski definition) is 1. The van der Waals surface area contributed by atoms with E-state index in [1.54, 1.807) is 12.1 Å². The van der Waals surface area contributed by atoms with Crippen LogP contribution in [0.4, 0.5) is 5.69 Å². The highest BCUT2D eigenvalue weighted by Gasteiger charge is 2.33. The number of nitrogens with zero attached hydrogens (tertiary/aromatic N) is 2. The summed E-state index contributed by atoms with van der Waals surface area (Å²) < 4.78 is 0. The van der Waals surface area contributed by atoms with Gasteiger partial charge in [-0.3, -0.25) is 0 Å². The summed E-state index contributed by atoms with van der Waals surface area (Å²) in [5, 5.41) is 9.78. The van der Waals surface area contributed by atoms with Gasteiger partial charge in [-0.2, -0.15) is 5.26 Å². The molecule has 90 valence electrons. The van der Waals surface area contributed by atoms with E-state index in [9.17, 15) is 0 Å². The summed E-state index contributed by atoms with van der Waals surface area (Å²) in [7, 11) is 0. The first-order chi connectivity index (χ1) is 8.08. The van der Waals surface area contributed by atoms with E-state index in [1.165, 1.54) is 0 Å². The van der Waals surface area contributed by atoms with Crippen molar-refractivity contribution in [3.05, 3.63) is 28.8 Å². The summed E-state index contributed by atoms with van der Waals surface area (Å²) in [5.74, 6) is 0. The third kappa shape index (κ3) is 2.38. The molecule has 3 nitrogen and oxygen atoms in total. The fourth-order valence-corrected chi connectivity index (χ4v) is 2.42. The third-order valence-corrected chi connectivity index (χ3v) is 3.71. The molecule has 1 atom stereocenters. The molecule has 4 heteroatoms. The molecular formula is C13H16ClN3. The van der Waals surface area contributed by atoms with Gasteiger partial charge in [-0.1, -0.05) is 18.5 Å². The van der Waals surface area contributed by atoms with Crippen molar-refractivity contribution in [1.29, 1.82) is 5.26 Å². The number of nitrogens with two attached hydrogens (primary N) is 1. The van der Waals surface area contributed by atoms with Crippen molar-refractivity contribution >= 4 is 17.3 Å². The van der Waals surface area contributed by atoms with Gasteiger partial charge in [0.1, 0.15) is 6.07 Å². The SMILES string of the molecule is CC1(CN)CCN(c2cc(Cl)ccc2C#N)C1. The molecule has 1 heterocycles. The maximum absolute atomic E-state index is 9.11. The third-order valence-electron chi connectivity index (χ3n) is 3.47. The standard InChI is InChI=1S/C13H16ClN3/c1-13(8-16)4-5-17(9-13)12-6-11(14)3-2-10(12)7-15/h2-3,6H,4-5,8-9,16H2,1H3. The molecule has 1 fully saturated rings. The molecule has 1 aromatic carbocycles. The Labute approximate surface area is 107 Å². The summed E-state index contributed by atoms with van der Waals surface area (Å²) >= 11 is 6.00. The van der Waals surface area contributed by atoms with E-state index < -0.39 is 0 Å². The van der Waals surface area contributed by atoms with Crippen LogP contribution in [0.3, 0.4) is 0 Å². The molecule has 2 N–H and O–H groups in total. The average Bonchev–Trinajstić information content (AvgIpc) is 2.73. The second-order valence-electron chi connectivity index (χ2n) is 4.96. The number of nitriles is 1. The largest absolute Gasteiger partial charge is 0.370 e. The van der Waals surface area contributed by atoms with E-state index in [4.69, 9.17) is 22.6 Å². The van der Waals surface area contributed by atoms with Crippen LogP contribution in [-0.2, 0) is 0 Å². The average molecular weight is 250 g/mol. The van der Waals surface area contributed by atoms with Crippen LogP contribution in [0.1, 0.15) is 18.9 Å². The molecule has 0 aromatic heterocycles. The van der Waals surface area contributed by atoms with Crippen LogP contribution in [-0.4, -0.2) is 19.6 Å². The molecule has 1 aromatic rings. The van der Waals surface area contributed by atoms with E-state index in [0.717, 1.165) is 25.2 Å². The van der Waals surface area contributed by atoms with E-state index in [1.807, 2.05) is 6.07 Å². The number of halogens is 1. The fourth-order valence-electron chi connectivity index (χ4n) is 2.26. The predicted molar refractivity (Wildman–Crippen MR) is 70.2 cm³/mol. The van der Waals surface area contributed by atoms with Crippen LogP contribution in [0.25, 0.3) is 0 Å². The van der Waals surface area contributed by atoms with E-state index in [2.05, 4.69) is 17.9 Å². The van der Waals surface area contributed by atoms with Crippen LogP contribution in [0, 0.1) is 16.7 Å². The lowest BCUT2D eigenvalue weighted by atomic mass is 9.90. The number of anilines is 1. The Kier molecular flexibility index (Phi) is 3.28. The normalized spacial score (nSPS) is 23.8. The lowest BCUT2D eigenvalue weighted by molar-refractivity contribution is 0.383. The van der Waals surface area contributed by atoms with Gasteiger partial charge in [0.05, 0.1) is 11.3 Å². The molecule has 17 heavy (non-hydrogen) atoms. The Bertz CT molecular complexity index is 466. The summed E-state index contributed by atoms with van der Waals surface area (Å²) in [5.41, 5.74) is 7.54. The Morgan fingerprint density at radius 3 is 2.94 bits per heavy atom. The van der Waals surface area contributed by atoms with Gasteiger partial charge in [0.15, 0.2) is 0 Å². The minimum Gasteiger partial charge on any atom is -0.370 e.